The molecule has 1 saturated heterocycles. The number of anilines is 1. The van der Waals surface area contributed by atoms with Crippen LogP contribution in [0.15, 0.2) is 48.5 Å². The lowest BCUT2D eigenvalue weighted by atomic mass is 10.1. The Kier molecular flexibility index (Phi) is 6.63. The highest BCUT2D eigenvalue weighted by molar-refractivity contribution is 7.99. The summed E-state index contributed by atoms with van der Waals surface area (Å²) < 4.78 is 4.73. The first-order valence-corrected chi connectivity index (χ1v) is 10.2. The van der Waals surface area contributed by atoms with Crippen LogP contribution in [0.5, 0.6) is 0 Å². The standard InChI is InChI=1S/C20H21ClN2O3S/c1-26-19(24)16-7-5-15(6-8-16)14-23(18-4-2-3-17(21)13-18)20(25)22-9-11-27-12-10-22/h2-8,13H,9-12,14H2,1H3. The molecule has 7 heteroatoms. The monoisotopic (exact) mass is 404 g/mol. The molecule has 0 aromatic heterocycles. The maximum absolute atomic E-state index is 13.2. The molecule has 142 valence electrons. The van der Waals surface area contributed by atoms with Gasteiger partial charge in [-0.3, -0.25) is 4.90 Å². The topological polar surface area (TPSA) is 49.9 Å². The van der Waals surface area contributed by atoms with Gasteiger partial charge in [-0.2, -0.15) is 11.8 Å². The molecule has 0 bridgehead atoms. The number of hydrogen-bond donors (Lipinski definition) is 0. The average Bonchev–Trinajstić information content (AvgIpc) is 2.72. The van der Waals surface area contributed by atoms with E-state index in [9.17, 15) is 9.59 Å². The predicted molar refractivity (Wildman–Crippen MR) is 110 cm³/mol. The summed E-state index contributed by atoms with van der Waals surface area (Å²) >= 11 is 8.01. The lowest BCUT2D eigenvalue weighted by Crippen LogP contribution is -2.46. The van der Waals surface area contributed by atoms with Crippen LogP contribution < -0.4 is 4.90 Å². The molecule has 27 heavy (non-hydrogen) atoms. The van der Waals surface area contributed by atoms with Gasteiger partial charge in [0, 0.05) is 35.3 Å². The van der Waals surface area contributed by atoms with Crippen LogP contribution in [0.2, 0.25) is 5.02 Å². The molecule has 1 aliphatic heterocycles. The van der Waals surface area contributed by atoms with Crippen LogP contribution in [0.3, 0.4) is 0 Å². The molecule has 1 heterocycles. The SMILES string of the molecule is COC(=O)c1ccc(CN(C(=O)N2CCSCC2)c2cccc(Cl)c2)cc1. The molecule has 2 aromatic rings. The molecule has 5 nitrogen and oxygen atoms in total. The van der Waals surface area contributed by atoms with Crippen molar-refractivity contribution >= 4 is 41.1 Å². The fourth-order valence-electron chi connectivity index (χ4n) is 2.89. The molecule has 1 aliphatic rings. The molecule has 2 aromatic carbocycles. The van der Waals surface area contributed by atoms with E-state index in [1.165, 1.54) is 7.11 Å². The van der Waals surface area contributed by atoms with E-state index in [4.69, 9.17) is 16.3 Å². The molecule has 0 spiro atoms. The summed E-state index contributed by atoms with van der Waals surface area (Å²) in [5, 5.41) is 0.584. The van der Waals surface area contributed by atoms with Crippen molar-refractivity contribution in [2.75, 3.05) is 36.6 Å². The summed E-state index contributed by atoms with van der Waals surface area (Å²) in [6.45, 7) is 1.87. The van der Waals surface area contributed by atoms with Gasteiger partial charge in [0.05, 0.1) is 19.2 Å². The van der Waals surface area contributed by atoms with E-state index in [0.29, 0.717) is 17.1 Å². The number of thioether (sulfide) groups is 1. The van der Waals surface area contributed by atoms with E-state index in [0.717, 1.165) is 35.8 Å². The summed E-state index contributed by atoms with van der Waals surface area (Å²) in [7, 11) is 1.35. The van der Waals surface area contributed by atoms with Gasteiger partial charge in [-0.05, 0) is 35.9 Å². The minimum absolute atomic E-state index is 0.0328. The zero-order valence-corrected chi connectivity index (χ0v) is 16.6. The van der Waals surface area contributed by atoms with Crippen molar-refractivity contribution < 1.29 is 14.3 Å². The number of amides is 2. The van der Waals surface area contributed by atoms with Crippen molar-refractivity contribution in [2.45, 2.75) is 6.54 Å². The van der Waals surface area contributed by atoms with Crippen LogP contribution in [-0.2, 0) is 11.3 Å². The Morgan fingerprint density at radius 1 is 1.15 bits per heavy atom. The summed E-state index contributed by atoms with van der Waals surface area (Å²) in [6.07, 6.45) is 0. The fourth-order valence-corrected chi connectivity index (χ4v) is 3.97. The second kappa shape index (κ2) is 9.15. The number of hydrogen-bond acceptors (Lipinski definition) is 4. The van der Waals surface area contributed by atoms with Gasteiger partial charge >= 0.3 is 12.0 Å². The van der Waals surface area contributed by atoms with Crippen LogP contribution >= 0.6 is 23.4 Å². The van der Waals surface area contributed by atoms with Gasteiger partial charge in [0.25, 0.3) is 0 Å². The Morgan fingerprint density at radius 2 is 1.85 bits per heavy atom. The van der Waals surface area contributed by atoms with Crippen molar-refractivity contribution in [1.82, 2.24) is 4.90 Å². The molecular weight excluding hydrogens is 384 g/mol. The van der Waals surface area contributed by atoms with Crippen LogP contribution in [0.25, 0.3) is 0 Å². The van der Waals surface area contributed by atoms with Crippen LogP contribution in [0.4, 0.5) is 10.5 Å². The maximum Gasteiger partial charge on any atom is 0.337 e. The van der Waals surface area contributed by atoms with Crippen LogP contribution in [0, 0.1) is 0 Å². The van der Waals surface area contributed by atoms with Crippen LogP contribution in [0.1, 0.15) is 15.9 Å². The van der Waals surface area contributed by atoms with Crippen molar-refractivity contribution in [1.29, 1.82) is 0 Å². The molecule has 1 fully saturated rings. The van der Waals surface area contributed by atoms with E-state index >= 15 is 0 Å². The Bertz CT molecular complexity index is 807. The quantitative estimate of drug-likeness (QED) is 0.713. The summed E-state index contributed by atoms with van der Waals surface area (Å²) in [6, 6.07) is 14.4. The van der Waals surface area contributed by atoms with Gasteiger partial charge in [0.2, 0.25) is 0 Å². The average molecular weight is 405 g/mol. The highest BCUT2D eigenvalue weighted by Crippen LogP contribution is 2.24. The number of nitrogens with zero attached hydrogens (tertiary/aromatic N) is 2. The van der Waals surface area contributed by atoms with E-state index in [1.54, 1.807) is 29.2 Å². The summed E-state index contributed by atoms with van der Waals surface area (Å²) in [4.78, 5) is 28.4. The van der Waals surface area contributed by atoms with Gasteiger partial charge < -0.3 is 9.64 Å². The highest BCUT2D eigenvalue weighted by atomic mass is 35.5. The largest absolute Gasteiger partial charge is 0.465 e. The van der Waals surface area contributed by atoms with Gasteiger partial charge in [-0.15, -0.1) is 0 Å². The maximum atomic E-state index is 13.2. The smallest absolute Gasteiger partial charge is 0.337 e. The number of methoxy groups -OCH3 is 1. The van der Waals surface area contributed by atoms with Gasteiger partial charge in [-0.25, -0.2) is 9.59 Å². The third kappa shape index (κ3) is 4.96. The summed E-state index contributed by atoms with van der Waals surface area (Å²) in [5.74, 6) is 1.52. The first kappa shape index (κ1) is 19.6. The third-order valence-corrected chi connectivity index (χ3v) is 5.53. The minimum atomic E-state index is -0.379. The predicted octanol–water partition coefficient (Wildman–Crippen LogP) is 4.30. The van der Waals surface area contributed by atoms with E-state index < -0.39 is 0 Å². The number of carbonyl (C=O) groups excluding carboxylic acids is 2. The zero-order valence-electron chi connectivity index (χ0n) is 15.1. The second-order valence-corrected chi connectivity index (χ2v) is 7.80. The molecule has 0 unspecified atom stereocenters. The summed E-state index contributed by atoms with van der Waals surface area (Å²) in [5.41, 5.74) is 2.15. The Labute approximate surface area is 168 Å². The first-order valence-electron chi connectivity index (χ1n) is 8.65. The van der Waals surface area contributed by atoms with E-state index in [-0.39, 0.29) is 12.0 Å². The lowest BCUT2D eigenvalue weighted by molar-refractivity contribution is 0.0600. The lowest BCUT2D eigenvalue weighted by Gasteiger charge is -2.33. The van der Waals surface area contributed by atoms with Crippen molar-refractivity contribution in [2.24, 2.45) is 0 Å². The Balaban J connectivity index is 1.85. The molecule has 3 rings (SSSR count). The van der Waals surface area contributed by atoms with E-state index in [1.807, 2.05) is 40.9 Å². The normalized spacial score (nSPS) is 13.9. The molecule has 2 amide bonds. The molecule has 0 radical (unpaired) electrons. The number of urea groups is 1. The third-order valence-electron chi connectivity index (χ3n) is 4.35. The Hall–Kier alpha value is -2.18. The van der Waals surface area contributed by atoms with Crippen molar-refractivity contribution in [3.63, 3.8) is 0 Å². The van der Waals surface area contributed by atoms with E-state index in [2.05, 4.69) is 0 Å². The van der Waals surface area contributed by atoms with Gasteiger partial charge in [0.1, 0.15) is 0 Å². The van der Waals surface area contributed by atoms with Gasteiger partial charge in [0.15, 0.2) is 0 Å². The number of esters is 1. The second-order valence-electron chi connectivity index (χ2n) is 6.14. The minimum Gasteiger partial charge on any atom is -0.465 e. The van der Waals surface area contributed by atoms with Gasteiger partial charge in [-0.1, -0.05) is 29.8 Å². The molecular formula is C20H21ClN2O3S. The molecule has 0 saturated carbocycles. The molecule has 0 N–H and O–H groups in total. The number of carbonyl (C=O) groups is 2. The fraction of sp³-hybridized carbons (Fsp3) is 0.300. The number of ether oxygens (including phenoxy) is 1. The molecule has 0 atom stereocenters. The number of halogens is 1. The van der Waals surface area contributed by atoms with Crippen molar-refractivity contribution in [3.05, 3.63) is 64.7 Å². The van der Waals surface area contributed by atoms with Crippen LogP contribution in [-0.4, -0.2) is 48.6 Å². The zero-order chi connectivity index (χ0) is 19.2. The molecule has 0 aliphatic carbocycles. The Morgan fingerprint density at radius 3 is 2.48 bits per heavy atom. The van der Waals surface area contributed by atoms with Crippen molar-refractivity contribution in [3.8, 4) is 0 Å². The number of benzene rings is 2. The number of rotatable bonds is 4. The highest BCUT2D eigenvalue weighted by Gasteiger charge is 2.24. The first-order chi connectivity index (χ1) is 13.1.